The highest BCUT2D eigenvalue weighted by molar-refractivity contribution is 5.99. The number of nitrogens with zero attached hydrogens (tertiary/aromatic N) is 1. The minimum absolute atomic E-state index is 0.188. The van der Waals surface area contributed by atoms with Crippen LogP contribution in [0.15, 0.2) is 0 Å². The van der Waals surface area contributed by atoms with Crippen molar-refractivity contribution in [1.82, 2.24) is 15.5 Å². The number of nitrogens with one attached hydrogen (secondary N) is 2. The second kappa shape index (κ2) is 7.35. The van der Waals surface area contributed by atoms with Crippen molar-refractivity contribution in [2.45, 2.75) is 45.3 Å². The second-order valence-corrected chi connectivity index (χ2v) is 5.80. The first-order valence-corrected chi connectivity index (χ1v) is 7.21. The van der Waals surface area contributed by atoms with Crippen LogP contribution >= 0.6 is 0 Å². The molecule has 0 radical (unpaired) electrons. The average molecular weight is 313 g/mol. The summed E-state index contributed by atoms with van der Waals surface area (Å²) in [6.45, 7) is 4.92. The summed E-state index contributed by atoms with van der Waals surface area (Å²) < 4.78 is 0. The Balaban J connectivity index is 2.91. The van der Waals surface area contributed by atoms with E-state index in [1.54, 1.807) is 27.8 Å². The Labute approximate surface area is 129 Å². The number of hydrogen-bond donors (Lipinski definition) is 3. The maximum atomic E-state index is 12.6. The zero-order valence-electron chi connectivity index (χ0n) is 13.3. The van der Waals surface area contributed by atoms with E-state index in [4.69, 9.17) is 5.11 Å². The van der Waals surface area contributed by atoms with Gasteiger partial charge in [0.1, 0.15) is 12.1 Å². The van der Waals surface area contributed by atoms with Crippen molar-refractivity contribution in [2.75, 3.05) is 13.6 Å². The number of likely N-dealkylation sites (tertiary alicyclic amines) is 1. The Kier molecular flexibility index (Phi) is 6.04. The predicted octanol–water partition coefficient (Wildman–Crippen LogP) is -1.01. The zero-order valence-corrected chi connectivity index (χ0v) is 13.3. The van der Waals surface area contributed by atoms with Gasteiger partial charge in [0.25, 0.3) is 0 Å². The highest BCUT2D eigenvalue weighted by atomic mass is 16.4. The fourth-order valence-corrected chi connectivity index (χ4v) is 2.24. The van der Waals surface area contributed by atoms with Crippen LogP contribution in [-0.2, 0) is 19.2 Å². The fourth-order valence-electron chi connectivity index (χ4n) is 2.24. The molecule has 3 N–H and O–H groups in total. The number of carbonyl (C=O) groups is 4. The molecule has 0 saturated carbocycles. The van der Waals surface area contributed by atoms with Crippen molar-refractivity contribution in [3.05, 3.63) is 0 Å². The molecule has 1 aliphatic rings. The largest absolute Gasteiger partial charge is 0.480 e. The molecule has 0 spiro atoms. The zero-order chi connectivity index (χ0) is 17.0. The molecule has 0 bridgehead atoms. The predicted molar refractivity (Wildman–Crippen MR) is 78.1 cm³/mol. The van der Waals surface area contributed by atoms with Gasteiger partial charge in [-0.15, -0.1) is 0 Å². The van der Waals surface area contributed by atoms with Gasteiger partial charge in [0, 0.05) is 6.42 Å². The minimum Gasteiger partial charge on any atom is -0.480 e. The van der Waals surface area contributed by atoms with Crippen LogP contribution in [0.25, 0.3) is 0 Å². The minimum atomic E-state index is -1.21. The van der Waals surface area contributed by atoms with Crippen LogP contribution in [0.2, 0.25) is 0 Å². The van der Waals surface area contributed by atoms with Gasteiger partial charge >= 0.3 is 5.97 Å². The smallest absolute Gasteiger partial charge is 0.326 e. The van der Waals surface area contributed by atoms with E-state index in [0.717, 1.165) is 4.90 Å². The summed E-state index contributed by atoms with van der Waals surface area (Å²) in [5.41, 5.74) is 0. The van der Waals surface area contributed by atoms with Crippen molar-refractivity contribution in [2.24, 2.45) is 5.92 Å². The van der Waals surface area contributed by atoms with E-state index in [9.17, 15) is 19.2 Å². The monoisotopic (exact) mass is 313 g/mol. The molecule has 8 nitrogen and oxygen atoms in total. The van der Waals surface area contributed by atoms with Gasteiger partial charge in [-0.25, -0.2) is 4.79 Å². The Morgan fingerprint density at radius 2 is 1.86 bits per heavy atom. The highest BCUT2D eigenvalue weighted by Crippen LogP contribution is 2.18. The third kappa shape index (κ3) is 4.03. The third-order valence-corrected chi connectivity index (χ3v) is 3.77. The summed E-state index contributed by atoms with van der Waals surface area (Å²) in [5, 5.41) is 14.5. The Bertz CT molecular complexity index is 477. The molecule has 1 aliphatic heterocycles. The normalized spacial score (nSPS) is 20.9. The van der Waals surface area contributed by atoms with E-state index in [1.165, 1.54) is 0 Å². The molecule has 3 unspecified atom stereocenters. The number of carboxylic acid groups (broad SMARTS) is 1. The van der Waals surface area contributed by atoms with Gasteiger partial charge in [0.15, 0.2) is 5.78 Å². The molecular weight excluding hydrogens is 290 g/mol. The SMILES string of the molecule is CNC(C)C(=O)NC(C(=O)N1CC(=O)CC1C(=O)O)C(C)C. The van der Waals surface area contributed by atoms with E-state index in [0.29, 0.717) is 0 Å². The lowest BCUT2D eigenvalue weighted by Crippen LogP contribution is -2.56. The number of hydrogen-bond acceptors (Lipinski definition) is 5. The number of aliphatic carboxylic acids is 1. The van der Waals surface area contributed by atoms with Crippen molar-refractivity contribution >= 4 is 23.6 Å². The molecule has 0 aromatic heterocycles. The van der Waals surface area contributed by atoms with Crippen molar-refractivity contribution in [1.29, 1.82) is 0 Å². The van der Waals surface area contributed by atoms with E-state index < -0.39 is 30.0 Å². The maximum Gasteiger partial charge on any atom is 0.326 e. The summed E-state index contributed by atoms with van der Waals surface area (Å²) in [6, 6.07) is -2.50. The number of carboxylic acids is 1. The topological polar surface area (TPSA) is 116 Å². The van der Waals surface area contributed by atoms with Crippen LogP contribution in [0.5, 0.6) is 0 Å². The summed E-state index contributed by atoms with van der Waals surface area (Å²) in [6.07, 6.45) is -0.188. The van der Waals surface area contributed by atoms with E-state index in [-0.39, 0.29) is 30.6 Å². The van der Waals surface area contributed by atoms with Crippen LogP contribution in [0.4, 0.5) is 0 Å². The molecular formula is C14H23N3O5. The molecule has 0 aliphatic carbocycles. The summed E-state index contributed by atoms with van der Waals surface area (Å²) in [4.78, 5) is 48.2. The Hall–Kier alpha value is -1.96. The molecule has 0 aromatic carbocycles. The quantitative estimate of drug-likeness (QED) is 0.578. The van der Waals surface area contributed by atoms with Gasteiger partial charge in [0.05, 0.1) is 12.6 Å². The highest BCUT2D eigenvalue weighted by Gasteiger charge is 2.42. The molecule has 3 atom stereocenters. The molecule has 22 heavy (non-hydrogen) atoms. The lowest BCUT2D eigenvalue weighted by atomic mass is 10.0. The van der Waals surface area contributed by atoms with Gasteiger partial charge in [0.2, 0.25) is 11.8 Å². The molecule has 8 heteroatoms. The second-order valence-electron chi connectivity index (χ2n) is 5.80. The summed E-state index contributed by atoms with van der Waals surface area (Å²) in [7, 11) is 1.62. The number of amides is 2. The Morgan fingerprint density at radius 1 is 1.27 bits per heavy atom. The molecule has 0 aromatic rings. The molecule has 1 heterocycles. The fraction of sp³-hybridized carbons (Fsp3) is 0.714. The van der Waals surface area contributed by atoms with Gasteiger partial charge in [-0.2, -0.15) is 0 Å². The first-order valence-electron chi connectivity index (χ1n) is 7.21. The molecule has 1 rings (SSSR count). The molecule has 1 saturated heterocycles. The van der Waals surface area contributed by atoms with Crippen molar-refractivity contribution in [3.63, 3.8) is 0 Å². The van der Waals surface area contributed by atoms with E-state index in [2.05, 4.69) is 10.6 Å². The first-order chi connectivity index (χ1) is 10.2. The van der Waals surface area contributed by atoms with Crippen LogP contribution in [0.3, 0.4) is 0 Å². The first kappa shape index (κ1) is 18.1. The van der Waals surface area contributed by atoms with Crippen molar-refractivity contribution < 1.29 is 24.3 Å². The lowest BCUT2D eigenvalue weighted by Gasteiger charge is -2.29. The van der Waals surface area contributed by atoms with Gasteiger partial charge < -0.3 is 20.6 Å². The molecule has 1 fully saturated rings. The van der Waals surface area contributed by atoms with E-state index >= 15 is 0 Å². The summed E-state index contributed by atoms with van der Waals surface area (Å²) in [5.74, 6) is -2.63. The number of rotatable bonds is 6. The summed E-state index contributed by atoms with van der Waals surface area (Å²) >= 11 is 0. The van der Waals surface area contributed by atoms with Gasteiger partial charge in [-0.05, 0) is 19.9 Å². The molecule has 124 valence electrons. The number of likely N-dealkylation sites (N-methyl/N-ethyl adjacent to an activating group) is 1. The van der Waals surface area contributed by atoms with Crippen molar-refractivity contribution in [3.8, 4) is 0 Å². The third-order valence-electron chi connectivity index (χ3n) is 3.77. The van der Waals surface area contributed by atoms with Crippen LogP contribution in [0.1, 0.15) is 27.2 Å². The van der Waals surface area contributed by atoms with Crippen LogP contribution < -0.4 is 10.6 Å². The van der Waals surface area contributed by atoms with E-state index in [1.807, 2.05) is 0 Å². The Morgan fingerprint density at radius 3 is 2.32 bits per heavy atom. The van der Waals surface area contributed by atoms with Crippen LogP contribution in [0, 0.1) is 5.92 Å². The average Bonchev–Trinajstić information content (AvgIpc) is 2.84. The maximum absolute atomic E-state index is 12.6. The molecule has 2 amide bonds. The number of carbonyl (C=O) groups excluding carboxylic acids is 3. The lowest BCUT2D eigenvalue weighted by molar-refractivity contribution is -0.150. The van der Waals surface area contributed by atoms with Gasteiger partial charge in [-0.1, -0.05) is 13.8 Å². The van der Waals surface area contributed by atoms with Gasteiger partial charge in [-0.3, -0.25) is 14.4 Å². The number of Topliss-reactive ketones (excluding diaryl/α,β-unsaturated/α-hetero) is 1. The standard InChI is InChI=1S/C14H23N3O5/c1-7(2)11(16-12(19)8(3)15-4)13(20)17-6-9(18)5-10(17)14(21)22/h7-8,10-11,15H,5-6H2,1-4H3,(H,16,19)(H,21,22). The van der Waals surface area contributed by atoms with Crippen LogP contribution in [-0.4, -0.2) is 65.3 Å². The number of ketones is 1.